The van der Waals surface area contributed by atoms with Crippen molar-refractivity contribution >= 4 is 5.65 Å². The van der Waals surface area contributed by atoms with E-state index in [0.29, 0.717) is 11.3 Å². The maximum Gasteiger partial charge on any atom is 0.258 e. The largest absolute Gasteiger partial charge is 0.341 e. The number of fused-ring (bicyclic) bond motifs is 1. The number of nitrogens with one attached hydrogen (secondary N) is 1. The van der Waals surface area contributed by atoms with Crippen LogP contribution in [0.4, 0.5) is 0 Å². The van der Waals surface area contributed by atoms with Crippen LogP contribution in [-0.4, -0.2) is 9.38 Å². The fourth-order valence-electron chi connectivity index (χ4n) is 1.91. The Morgan fingerprint density at radius 1 is 0.944 bits per heavy atom. The van der Waals surface area contributed by atoms with Crippen molar-refractivity contribution in [2.75, 3.05) is 0 Å². The van der Waals surface area contributed by atoms with Crippen molar-refractivity contribution < 1.29 is 0 Å². The summed E-state index contributed by atoms with van der Waals surface area (Å²) in [5.74, 6) is 0. The molecule has 18 heavy (non-hydrogen) atoms. The number of benzene rings is 1. The molecule has 4 heteroatoms. The van der Waals surface area contributed by atoms with Gasteiger partial charge in [-0.3, -0.25) is 14.0 Å². The molecule has 0 atom stereocenters. The fourth-order valence-corrected chi connectivity index (χ4v) is 1.91. The zero-order chi connectivity index (χ0) is 12.5. The van der Waals surface area contributed by atoms with Crippen LogP contribution in [0.3, 0.4) is 0 Å². The van der Waals surface area contributed by atoms with E-state index in [9.17, 15) is 9.59 Å². The lowest BCUT2D eigenvalue weighted by Crippen LogP contribution is -2.16. The van der Waals surface area contributed by atoms with E-state index in [0.717, 1.165) is 5.56 Å². The van der Waals surface area contributed by atoms with E-state index < -0.39 is 0 Å². The van der Waals surface area contributed by atoms with Gasteiger partial charge < -0.3 is 4.98 Å². The molecule has 0 aliphatic carbocycles. The lowest BCUT2D eigenvalue weighted by atomic mass is 10.1. The van der Waals surface area contributed by atoms with Crippen LogP contribution in [-0.2, 0) is 0 Å². The molecule has 4 nitrogen and oxygen atoms in total. The molecule has 0 fully saturated rings. The standard InChI is InChI=1S/C14H10N2O2/c17-11-6-7-16-13(8-11)15-12(9-14(16)18)10-4-2-1-3-5-10/h1-9,15H. The van der Waals surface area contributed by atoms with Gasteiger partial charge in [-0.25, -0.2) is 0 Å². The first-order valence-electron chi connectivity index (χ1n) is 5.55. The van der Waals surface area contributed by atoms with Crippen LogP contribution in [0.2, 0.25) is 0 Å². The maximum atomic E-state index is 11.9. The minimum absolute atomic E-state index is 0.129. The SMILES string of the molecule is O=c1ccn2c(=O)cc(-c3ccccc3)[nH]c2c1. The number of nitrogens with zero attached hydrogens (tertiary/aromatic N) is 1. The van der Waals surface area contributed by atoms with Crippen LogP contribution < -0.4 is 11.0 Å². The van der Waals surface area contributed by atoms with E-state index in [1.165, 1.54) is 28.8 Å². The van der Waals surface area contributed by atoms with Crippen molar-refractivity contribution in [3.63, 3.8) is 0 Å². The minimum Gasteiger partial charge on any atom is -0.341 e. The van der Waals surface area contributed by atoms with Crippen molar-refractivity contribution in [2.24, 2.45) is 0 Å². The first-order chi connectivity index (χ1) is 8.74. The molecule has 2 aromatic heterocycles. The minimum atomic E-state index is -0.164. The Morgan fingerprint density at radius 3 is 2.50 bits per heavy atom. The molecular formula is C14H10N2O2. The average molecular weight is 238 g/mol. The predicted molar refractivity (Wildman–Crippen MR) is 69.7 cm³/mol. The van der Waals surface area contributed by atoms with Crippen LogP contribution >= 0.6 is 0 Å². The van der Waals surface area contributed by atoms with Gasteiger partial charge in [-0.15, -0.1) is 0 Å². The number of rotatable bonds is 1. The Hall–Kier alpha value is -2.62. The monoisotopic (exact) mass is 238 g/mol. The lowest BCUT2D eigenvalue weighted by Gasteiger charge is -2.05. The molecular weight excluding hydrogens is 228 g/mol. The highest BCUT2D eigenvalue weighted by Gasteiger charge is 2.02. The summed E-state index contributed by atoms with van der Waals surface area (Å²) in [7, 11) is 0. The third-order valence-corrected chi connectivity index (χ3v) is 2.78. The van der Waals surface area contributed by atoms with E-state index >= 15 is 0 Å². The van der Waals surface area contributed by atoms with Gasteiger partial charge in [0.05, 0.1) is 5.69 Å². The van der Waals surface area contributed by atoms with Crippen molar-refractivity contribution in [1.29, 1.82) is 0 Å². The number of hydrogen-bond donors (Lipinski definition) is 1. The van der Waals surface area contributed by atoms with Gasteiger partial charge in [0.2, 0.25) is 0 Å². The van der Waals surface area contributed by atoms with Crippen molar-refractivity contribution in [2.45, 2.75) is 0 Å². The molecule has 1 N–H and O–H groups in total. The van der Waals surface area contributed by atoms with E-state index in [1.807, 2.05) is 30.3 Å². The van der Waals surface area contributed by atoms with Crippen LogP contribution in [0, 0.1) is 0 Å². The van der Waals surface area contributed by atoms with Gasteiger partial charge in [-0.1, -0.05) is 30.3 Å². The molecule has 3 rings (SSSR count). The Bertz CT molecular complexity index is 816. The molecule has 0 spiro atoms. The molecule has 1 aromatic carbocycles. The van der Waals surface area contributed by atoms with E-state index in [2.05, 4.69) is 4.98 Å². The molecule has 0 unspecified atom stereocenters. The summed E-state index contributed by atoms with van der Waals surface area (Å²) in [4.78, 5) is 26.3. The van der Waals surface area contributed by atoms with Crippen molar-refractivity contribution in [1.82, 2.24) is 9.38 Å². The first kappa shape index (κ1) is 10.5. The number of aromatic nitrogens is 2. The zero-order valence-corrected chi connectivity index (χ0v) is 9.46. The second-order valence-corrected chi connectivity index (χ2v) is 4.00. The fraction of sp³-hybridized carbons (Fsp3) is 0. The summed E-state index contributed by atoms with van der Waals surface area (Å²) in [6, 6.07) is 13.8. The third-order valence-electron chi connectivity index (χ3n) is 2.78. The molecule has 0 saturated heterocycles. The van der Waals surface area contributed by atoms with Gasteiger partial charge in [-0.05, 0) is 5.56 Å². The molecule has 0 saturated carbocycles. The van der Waals surface area contributed by atoms with Gasteiger partial charge in [0, 0.05) is 24.4 Å². The van der Waals surface area contributed by atoms with E-state index in [1.54, 1.807) is 0 Å². The van der Waals surface area contributed by atoms with Gasteiger partial charge in [0.25, 0.3) is 5.56 Å². The highest BCUT2D eigenvalue weighted by Crippen LogP contribution is 2.14. The van der Waals surface area contributed by atoms with Crippen molar-refractivity contribution in [3.05, 3.63) is 75.3 Å². The summed E-state index contributed by atoms with van der Waals surface area (Å²) in [6.45, 7) is 0. The molecule has 0 radical (unpaired) electrons. The van der Waals surface area contributed by atoms with Gasteiger partial charge in [-0.2, -0.15) is 0 Å². The van der Waals surface area contributed by atoms with Crippen LogP contribution in [0.25, 0.3) is 16.9 Å². The Labute approximate surface area is 102 Å². The predicted octanol–water partition coefficient (Wildman–Crippen LogP) is 1.65. The lowest BCUT2D eigenvalue weighted by molar-refractivity contribution is 1.04. The zero-order valence-electron chi connectivity index (χ0n) is 9.46. The molecule has 88 valence electrons. The van der Waals surface area contributed by atoms with Crippen LogP contribution in [0.5, 0.6) is 0 Å². The smallest absolute Gasteiger partial charge is 0.258 e. The van der Waals surface area contributed by atoms with E-state index in [-0.39, 0.29) is 11.0 Å². The average Bonchev–Trinajstić information content (AvgIpc) is 2.39. The summed E-state index contributed by atoms with van der Waals surface area (Å²) in [5.41, 5.74) is 1.81. The van der Waals surface area contributed by atoms with E-state index in [4.69, 9.17) is 0 Å². The summed E-state index contributed by atoms with van der Waals surface area (Å²) in [5, 5.41) is 0. The Kier molecular flexibility index (Phi) is 2.34. The number of hydrogen-bond acceptors (Lipinski definition) is 2. The number of aromatic amines is 1. The highest BCUT2D eigenvalue weighted by molar-refractivity contribution is 5.61. The molecule has 0 aliphatic rings. The maximum absolute atomic E-state index is 11.9. The van der Waals surface area contributed by atoms with Crippen LogP contribution in [0.1, 0.15) is 0 Å². The molecule has 3 aromatic rings. The normalized spacial score (nSPS) is 10.7. The van der Waals surface area contributed by atoms with Crippen molar-refractivity contribution in [3.8, 4) is 11.3 Å². The molecule has 0 bridgehead atoms. The molecule has 0 aliphatic heterocycles. The van der Waals surface area contributed by atoms with Crippen LogP contribution in [0.15, 0.2) is 64.3 Å². The quantitative estimate of drug-likeness (QED) is 0.701. The third kappa shape index (κ3) is 1.73. The Morgan fingerprint density at radius 2 is 1.72 bits per heavy atom. The van der Waals surface area contributed by atoms with Gasteiger partial charge >= 0.3 is 0 Å². The number of H-pyrrole nitrogens is 1. The first-order valence-corrected chi connectivity index (χ1v) is 5.55. The second-order valence-electron chi connectivity index (χ2n) is 4.00. The Balaban J connectivity index is 2.34. The van der Waals surface area contributed by atoms with Gasteiger partial charge in [0.1, 0.15) is 5.65 Å². The molecule has 0 amide bonds. The van der Waals surface area contributed by atoms with Gasteiger partial charge in [0.15, 0.2) is 5.43 Å². The summed E-state index contributed by atoms with van der Waals surface area (Å²) < 4.78 is 1.41. The summed E-state index contributed by atoms with van der Waals surface area (Å²) >= 11 is 0. The second kappa shape index (κ2) is 4.00. The topological polar surface area (TPSA) is 54.3 Å². The summed E-state index contributed by atoms with van der Waals surface area (Å²) in [6.07, 6.45) is 1.48. The number of pyridine rings is 1. The highest BCUT2D eigenvalue weighted by atomic mass is 16.1. The molecule has 2 heterocycles.